The summed E-state index contributed by atoms with van der Waals surface area (Å²) in [7, 11) is 0. The van der Waals surface area contributed by atoms with Crippen molar-refractivity contribution >= 4 is 80.1 Å². The van der Waals surface area contributed by atoms with Gasteiger partial charge in [-0.3, -0.25) is 43.6 Å². The SMILES string of the molecule is NCC(=O)OCC1CCN(CCCOc2ccc3c(Oc4ccc(NC(=O)C5(C(=O)Nc6ccccc6)CC5)cc4F)ccnc3c2)C1.NCC(=O)OC[C@@H]1CCCN1CCCOc1ccc2c(Oc3ccc(NC(=O)C4(C(=O)Nc5ccc(F)cc5)CC4)cc3F)ccnc2c1. The van der Waals surface area contributed by atoms with Crippen LogP contribution in [-0.2, 0) is 38.2 Å². The number of hydrogen-bond acceptors (Lipinski definition) is 18. The van der Waals surface area contributed by atoms with Crippen molar-refractivity contribution in [2.24, 2.45) is 28.2 Å². The zero-order valence-corrected chi connectivity index (χ0v) is 53.2. The second kappa shape index (κ2) is 31.6. The summed E-state index contributed by atoms with van der Waals surface area (Å²) in [5, 5.41) is 12.1. The summed E-state index contributed by atoms with van der Waals surface area (Å²) in [6.45, 7) is 6.05. The molecule has 2 saturated heterocycles. The molecule has 1 unspecified atom stereocenters. The van der Waals surface area contributed by atoms with E-state index in [-0.39, 0.29) is 53.9 Å². The van der Waals surface area contributed by atoms with Gasteiger partial charge in [0.2, 0.25) is 23.6 Å². The highest BCUT2D eigenvalue weighted by Crippen LogP contribution is 2.49. The number of nitrogens with two attached hydrogens (primary N) is 2. The number of carbonyl (C=O) groups is 6. The Balaban J connectivity index is 0.000000197. The van der Waals surface area contributed by atoms with Gasteiger partial charge >= 0.3 is 11.9 Å². The molecule has 6 aromatic carbocycles. The molecule has 4 fully saturated rings. The smallest absolute Gasteiger partial charge is 0.319 e. The highest BCUT2D eigenvalue weighted by atomic mass is 19.1. The first-order valence-corrected chi connectivity index (χ1v) is 32.3. The number of para-hydroxylation sites is 1. The fourth-order valence-corrected chi connectivity index (χ4v) is 11.6. The van der Waals surface area contributed by atoms with Gasteiger partial charge in [-0.2, -0.15) is 0 Å². The lowest BCUT2D eigenvalue weighted by Crippen LogP contribution is -2.36. The number of carbonyl (C=O) groups excluding carboxylic acids is 6. The minimum atomic E-state index is -1.28. The Kier molecular flexibility index (Phi) is 22.2. The predicted molar refractivity (Wildman–Crippen MR) is 357 cm³/mol. The lowest BCUT2D eigenvalue weighted by Gasteiger charge is -2.24. The number of benzene rings is 6. The van der Waals surface area contributed by atoms with Crippen LogP contribution in [0.3, 0.4) is 0 Å². The minimum absolute atomic E-state index is 0.0227. The molecule has 4 heterocycles. The average Bonchev–Trinajstić information content (AvgIpc) is 1.62. The van der Waals surface area contributed by atoms with Gasteiger partial charge in [-0.25, -0.2) is 13.2 Å². The molecule has 97 heavy (non-hydrogen) atoms. The summed E-state index contributed by atoms with van der Waals surface area (Å²) in [5.74, 6) is -2.15. The second-order valence-electron chi connectivity index (χ2n) is 24.3. The average molecular weight is 1330 g/mol. The van der Waals surface area contributed by atoms with Gasteiger partial charge in [0, 0.05) is 102 Å². The Labute approximate surface area is 557 Å². The molecular weight excluding hydrogens is 1250 g/mol. The molecule has 25 heteroatoms. The molecule has 2 aliphatic carbocycles. The van der Waals surface area contributed by atoms with Gasteiger partial charge in [-0.05, 0) is 168 Å². The molecule has 4 amide bonds. The van der Waals surface area contributed by atoms with Crippen LogP contribution in [0.15, 0.2) is 152 Å². The number of nitrogens with one attached hydrogen (secondary N) is 4. The molecule has 0 bridgehead atoms. The van der Waals surface area contributed by atoms with Crippen LogP contribution >= 0.6 is 0 Å². The van der Waals surface area contributed by atoms with Crippen molar-refractivity contribution in [3.63, 3.8) is 0 Å². The molecule has 2 saturated carbocycles. The fraction of sp³-hybridized carbons (Fsp3) is 0.333. The maximum atomic E-state index is 15.2. The summed E-state index contributed by atoms with van der Waals surface area (Å²) in [4.78, 5) is 88.0. The third-order valence-corrected chi connectivity index (χ3v) is 17.4. The summed E-state index contributed by atoms with van der Waals surface area (Å²) < 4.78 is 77.8. The highest BCUT2D eigenvalue weighted by Gasteiger charge is 2.57. The number of amides is 4. The maximum Gasteiger partial charge on any atom is 0.319 e. The normalized spacial score (nSPS) is 16.6. The van der Waals surface area contributed by atoms with Crippen LogP contribution in [-0.4, -0.2) is 134 Å². The number of anilines is 4. The standard InChI is InChI=1S/C36H37F2N5O6.C36H38FN5O6/c37-23-4-6-24(7-5-23)41-34(45)36(13-14-36)35(46)42-25-8-11-32(29(38)19-25)49-31-12-15-40-30-20-27(9-10-28(30)31)47-18-2-17-43-16-1-3-26(43)22-48-33(44)21-39;37-29-19-26(41-35(45)36(13-14-36)34(44)40-25-5-2-1-3-6-25)7-10-32(29)48-31-11-15-39-30-20-27(8-9-28(30)31)46-18-4-16-42-17-12-24(22-42)23-47-33(43)21-38/h4-12,15,19-20,26H,1-3,13-14,16-18,21-22,39H2,(H,41,45)(H,42,46);1-3,5-11,15,19-20,24H,4,12-14,16-18,21-23,38H2,(H,40,44)(H,41,45)/t26-;/m0./s1. The zero-order chi connectivity index (χ0) is 67.9. The molecule has 0 radical (unpaired) electrons. The second-order valence-corrected chi connectivity index (χ2v) is 24.3. The number of nitrogens with zero attached hydrogens (tertiary/aromatic N) is 4. The number of esters is 2. The topological polar surface area (TPSA) is 290 Å². The monoisotopic (exact) mass is 1330 g/mol. The first-order chi connectivity index (χ1) is 47.1. The molecule has 2 aliphatic heterocycles. The van der Waals surface area contributed by atoms with Gasteiger partial charge in [0.15, 0.2) is 23.1 Å². The van der Waals surface area contributed by atoms with E-state index in [1.165, 1.54) is 54.6 Å². The van der Waals surface area contributed by atoms with Crippen molar-refractivity contribution in [2.75, 3.05) is 93.5 Å². The molecule has 22 nitrogen and oxygen atoms in total. The van der Waals surface area contributed by atoms with E-state index in [0.29, 0.717) is 114 Å². The largest absolute Gasteiger partial charge is 0.493 e. The molecule has 4 aliphatic rings. The van der Waals surface area contributed by atoms with E-state index in [9.17, 15) is 33.2 Å². The third-order valence-electron chi connectivity index (χ3n) is 17.4. The number of halogens is 3. The first-order valence-electron chi connectivity index (χ1n) is 32.3. The van der Waals surface area contributed by atoms with Crippen molar-refractivity contribution in [1.29, 1.82) is 0 Å². The Morgan fingerprint density at radius 3 is 1.51 bits per heavy atom. The van der Waals surface area contributed by atoms with Crippen molar-refractivity contribution in [1.82, 2.24) is 19.8 Å². The van der Waals surface area contributed by atoms with Crippen LogP contribution in [0.1, 0.15) is 57.8 Å². The fourth-order valence-electron chi connectivity index (χ4n) is 11.6. The Hall–Kier alpha value is -10.2. The van der Waals surface area contributed by atoms with Gasteiger partial charge in [-0.1, -0.05) is 18.2 Å². The minimum Gasteiger partial charge on any atom is -0.493 e. The molecule has 8 aromatic rings. The Morgan fingerprint density at radius 1 is 0.515 bits per heavy atom. The van der Waals surface area contributed by atoms with Crippen LogP contribution < -0.4 is 51.7 Å². The van der Waals surface area contributed by atoms with Crippen LogP contribution in [0.4, 0.5) is 35.9 Å². The number of hydrogen-bond donors (Lipinski definition) is 6. The predicted octanol–water partition coefficient (Wildman–Crippen LogP) is 10.5. The van der Waals surface area contributed by atoms with Gasteiger partial charge in [0.1, 0.15) is 46.3 Å². The molecule has 2 atom stereocenters. The third kappa shape index (κ3) is 17.6. The molecule has 8 N–H and O–H groups in total. The first kappa shape index (κ1) is 68.2. The molecule has 0 spiro atoms. The summed E-state index contributed by atoms with van der Waals surface area (Å²) in [6, 6.07) is 36.7. The number of fused-ring (bicyclic) bond motifs is 2. The van der Waals surface area contributed by atoms with Crippen LogP contribution in [0.2, 0.25) is 0 Å². The van der Waals surface area contributed by atoms with Crippen molar-refractivity contribution < 1.29 is 70.4 Å². The van der Waals surface area contributed by atoms with Gasteiger partial charge in [-0.15, -0.1) is 0 Å². The van der Waals surface area contributed by atoms with Gasteiger partial charge < -0.3 is 66.1 Å². The quantitative estimate of drug-likeness (QED) is 0.0151. The van der Waals surface area contributed by atoms with Crippen molar-refractivity contribution in [2.45, 2.75) is 63.8 Å². The van der Waals surface area contributed by atoms with E-state index in [2.05, 4.69) is 41.0 Å². The molecular formula is C72H75F3N10O12. The lowest BCUT2D eigenvalue weighted by molar-refractivity contribution is -0.144. The van der Waals surface area contributed by atoms with Crippen LogP contribution in [0.5, 0.6) is 34.5 Å². The summed E-state index contributed by atoms with van der Waals surface area (Å²) in [5.41, 5.74) is 10.8. The van der Waals surface area contributed by atoms with E-state index < -0.39 is 52.0 Å². The van der Waals surface area contributed by atoms with E-state index in [1.54, 1.807) is 67.0 Å². The number of likely N-dealkylation sites (tertiary alicyclic amines) is 2. The number of ether oxygens (including phenoxy) is 6. The van der Waals surface area contributed by atoms with E-state index in [1.807, 2.05) is 24.3 Å². The maximum absolute atomic E-state index is 15.2. The van der Waals surface area contributed by atoms with Gasteiger partial charge in [0.25, 0.3) is 0 Å². The molecule has 12 rings (SSSR count). The summed E-state index contributed by atoms with van der Waals surface area (Å²) in [6.07, 6.45) is 9.29. The van der Waals surface area contributed by atoms with E-state index in [0.717, 1.165) is 70.9 Å². The lowest BCUT2D eigenvalue weighted by atomic mass is 10.0. The van der Waals surface area contributed by atoms with Gasteiger partial charge in [0.05, 0.1) is 43.9 Å². The Morgan fingerprint density at radius 2 is 1.00 bits per heavy atom. The van der Waals surface area contributed by atoms with E-state index >= 15 is 8.78 Å². The number of rotatable bonds is 28. The van der Waals surface area contributed by atoms with Crippen LogP contribution in [0.25, 0.3) is 21.8 Å². The Bertz CT molecular complexity index is 4150. The van der Waals surface area contributed by atoms with Crippen molar-refractivity contribution in [3.8, 4) is 34.5 Å². The van der Waals surface area contributed by atoms with Crippen LogP contribution in [0, 0.1) is 34.2 Å². The zero-order valence-electron chi connectivity index (χ0n) is 53.2. The highest BCUT2D eigenvalue weighted by molar-refractivity contribution is 6.18. The van der Waals surface area contributed by atoms with Crippen molar-refractivity contribution in [3.05, 3.63) is 169 Å². The number of pyridine rings is 2. The molecule has 2 aromatic heterocycles. The van der Waals surface area contributed by atoms with E-state index in [4.69, 9.17) is 39.9 Å². The number of aromatic nitrogens is 2. The molecule has 506 valence electrons. The summed E-state index contributed by atoms with van der Waals surface area (Å²) >= 11 is 0.